The Morgan fingerprint density at radius 1 is 1.10 bits per heavy atom. The minimum absolute atomic E-state index is 0.538. The van der Waals surface area contributed by atoms with Crippen LogP contribution in [0.15, 0.2) is 57.6 Å². The van der Waals surface area contributed by atoms with E-state index < -0.39 is 0 Å². The molecule has 0 amide bonds. The van der Waals surface area contributed by atoms with E-state index in [1.165, 1.54) is 7.11 Å². The van der Waals surface area contributed by atoms with Gasteiger partial charge in [-0.25, -0.2) is 5.26 Å². The SMILES string of the molecule is COc1cc(N=Nc2cccc(SOOO)c2)ccc1N. The number of anilines is 1. The van der Waals surface area contributed by atoms with E-state index in [9.17, 15) is 0 Å². The second-order valence-electron chi connectivity index (χ2n) is 3.85. The Bertz CT molecular complexity index is 637. The summed E-state index contributed by atoms with van der Waals surface area (Å²) in [5.41, 5.74) is 7.51. The molecule has 0 aliphatic rings. The summed E-state index contributed by atoms with van der Waals surface area (Å²) >= 11 is 0.854. The first-order valence-electron chi connectivity index (χ1n) is 5.83. The topological polar surface area (TPSA) is 98.7 Å². The van der Waals surface area contributed by atoms with E-state index in [0.717, 1.165) is 12.0 Å². The van der Waals surface area contributed by atoms with Gasteiger partial charge in [-0.1, -0.05) is 11.1 Å². The largest absolute Gasteiger partial charge is 0.495 e. The van der Waals surface area contributed by atoms with Crippen LogP contribution in [0.2, 0.25) is 0 Å². The van der Waals surface area contributed by atoms with E-state index in [0.29, 0.717) is 27.7 Å². The van der Waals surface area contributed by atoms with Crippen LogP contribution >= 0.6 is 12.0 Å². The molecule has 7 nitrogen and oxygen atoms in total. The molecule has 21 heavy (non-hydrogen) atoms. The van der Waals surface area contributed by atoms with Crippen LogP contribution in [0.3, 0.4) is 0 Å². The standard InChI is InChI=1S/C13H13N3O4S/c1-18-13-8-10(5-6-12(13)14)16-15-9-3-2-4-11(7-9)21-20-19-17/h2-8,17H,14H2,1H3. The number of hydrogen-bond donors (Lipinski definition) is 2. The van der Waals surface area contributed by atoms with Crippen molar-refractivity contribution in [3.05, 3.63) is 42.5 Å². The highest BCUT2D eigenvalue weighted by molar-refractivity contribution is 7.94. The third-order valence-corrected chi connectivity index (χ3v) is 3.05. The molecule has 0 aromatic heterocycles. The van der Waals surface area contributed by atoms with Crippen LogP contribution < -0.4 is 10.5 Å². The van der Waals surface area contributed by atoms with E-state index in [4.69, 9.17) is 15.7 Å². The van der Waals surface area contributed by atoms with Crippen molar-refractivity contribution in [2.24, 2.45) is 10.2 Å². The number of hydrogen-bond acceptors (Lipinski definition) is 8. The summed E-state index contributed by atoms with van der Waals surface area (Å²) in [6.45, 7) is 0. The van der Waals surface area contributed by atoms with E-state index in [2.05, 4.69) is 19.6 Å². The molecule has 8 heteroatoms. The molecule has 0 fully saturated rings. The number of methoxy groups -OCH3 is 1. The van der Waals surface area contributed by atoms with Crippen molar-refractivity contribution in [1.29, 1.82) is 0 Å². The highest BCUT2D eigenvalue weighted by Gasteiger charge is 2.01. The second kappa shape index (κ2) is 7.60. The first kappa shape index (κ1) is 15.3. The summed E-state index contributed by atoms with van der Waals surface area (Å²) in [7, 11) is 1.54. The molecule has 2 rings (SSSR count). The van der Waals surface area contributed by atoms with Gasteiger partial charge in [0, 0.05) is 11.0 Å². The third-order valence-electron chi connectivity index (χ3n) is 2.48. The first-order chi connectivity index (χ1) is 10.2. The summed E-state index contributed by atoms with van der Waals surface area (Å²) in [6.07, 6.45) is 0. The van der Waals surface area contributed by atoms with E-state index in [-0.39, 0.29) is 0 Å². The van der Waals surface area contributed by atoms with Crippen LogP contribution in [-0.2, 0) is 9.37 Å². The summed E-state index contributed by atoms with van der Waals surface area (Å²) in [5, 5.41) is 19.9. The molecule has 0 unspecified atom stereocenters. The highest BCUT2D eigenvalue weighted by Crippen LogP contribution is 2.29. The summed E-state index contributed by atoms with van der Waals surface area (Å²) < 4.78 is 9.47. The van der Waals surface area contributed by atoms with Crippen LogP contribution in [0.5, 0.6) is 5.75 Å². The van der Waals surface area contributed by atoms with Gasteiger partial charge in [0.25, 0.3) is 0 Å². The first-order valence-corrected chi connectivity index (χ1v) is 6.57. The lowest BCUT2D eigenvalue weighted by molar-refractivity contribution is -0.432. The molecule has 0 atom stereocenters. The number of ether oxygens (including phenoxy) is 1. The van der Waals surface area contributed by atoms with Gasteiger partial charge in [-0.15, -0.1) is 4.33 Å². The second-order valence-corrected chi connectivity index (χ2v) is 4.62. The maximum Gasteiger partial charge on any atom is 0.143 e. The minimum atomic E-state index is 0.538. The average Bonchev–Trinajstić information content (AvgIpc) is 2.52. The molecule has 0 saturated carbocycles. The fourth-order valence-electron chi connectivity index (χ4n) is 1.53. The minimum Gasteiger partial charge on any atom is -0.495 e. The zero-order chi connectivity index (χ0) is 15.1. The molecular formula is C13H13N3O4S. The number of rotatable bonds is 6. The Balaban J connectivity index is 2.13. The van der Waals surface area contributed by atoms with Gasteiger partial charge < -0.3 is 10.5 Å². The summed E-state index contributed by atoms with van der Waals surface area (Å²) in [6, 6.07) is 12.2. The smallest absolute Gasteiger partial charge is 0.143 e. The van der Waals surface area contributed by atoms with Crippen molar-refractivity contribution in [2.45, 2.75) is 4.90 Å². The molecule has 110 valence electrons. The van der Waals surface area contributed by atoms with E-state index in [1.807, 2.05) is 0 Å². The fourth-order valence-corrected chi connectivity index (χ4v) is 1.94. The highest BCUT2D eigenvalue weighted by atomic mass is 32.2. The molecule has 2 aromatic carbocycles. The molecule has 2 aromatic rings. The quantitative estimate of drug-likeness (QED) is 0.274. The molecule has 0 heterocycles. The number of azo groups is 1. The number of nitrogen functional groups attached to an aromatic ring is 1. The van der Waals surface area contributed by atoms with Crippen molar-refractivity contribution < 1.29 is 19.4 Å². The van der Waals surface area contributed by atoms with Crippen molar-refractivity contribution in [1.82, 2.24) is 0 Å². The molecule has 0 aliphatic carbocycles. The average molecular weight is 307 g/mol. The predicted molar refractivity (Wildman–Crippen MR) is 78.7 cm³/mol. The van der Waals surface area contributed by atoms with Gasteiger partial charge in [-0.2, -0.15) is 10.2 Å². The van der Waals surface area contributed by atoms with Crippen LogP contribution in [0.4, 0.5) is 17.1 Å². The Hall–Kier alpha value is -2.13. The number of nitrogens with two attached hydrogens (primary N) is 1. The Kier molecular flexibility index (Phi) is 5.52. The lowest BCUT2D eigenvalue weighted by atomic mass is 10.2. The van der Waals surface area contributed by atoms with Crippen molar-refractivity contribution in [3.8, 4) is 5.75 Å². The summed E-state index contributed by atoms with van der Waals surface area (Å²) in [4.78, 5) is 0.704. The molecule has 0 bridgehead atoms. The third kappa shape index (κ3) is 4.43. The monoisotopic (exact) mass is 307 g/mol. The Morgan fingerprint density at radius 3 is 2.57 bits per heavy atom. The van der Waals surface area contributed by atoms with Gasteiger partial charge in [0.1, 0.15) is 5.75 Å². The molecule has 0 spiro atoms. The predicted octanol–water partition coefficient (Wildman–Crippen LogP) is 4.12. The van der Waals surface area contributed by atoms with Crippen LogP contribution in [0, 0.1) is 0 Å². The van der Waals surface area contributed by atoms with Crippen LogP contribution in [-0.4, -0.2) is 12.4 Å². The van der Waals surface area contributed by atoms with Gasteiger partial charge in [0.05, 0.1) is 36.2 Å². The lowest BCUT2D eigenvalue weighted by Crippen LogP contribution is -1.90. The van der Waals surface area contributed by atoms with Crippen LogP contribution in [0.25, 0.3) is 0 Å². The Morgan fingerprint density at radius 2 is 1.86 bits per heavy atom. The fraction of sp³-hybridized carbons (Fsp3) is 0.0769. The van der Waals surface area contributed by atoms with Gasteiger partial charge in [-0.3, -0.25) is 0 Å². The maximum absolute atomic E-state index is 8.11. The number of benzene rings is 2. The Labute approximate surface area is 125 Å². The van der Waals surface area contributed by atoms with Gasteiger partial charge >= 0.3 is 0 Å². The van der Waals surface area contributed by atoms with Crippen LogP contribution in [0.1, 0.15) is 0 Å². The molecular weight excluding hydrogens is 294 g/mol. The van der Waals surface area contributed by atoms with Gasteiger partial charge in [0.15, 0.2) is 0 Å². The van der Waals surface area contributed by atoms with E-state index >= 15 is 0 Å². The number of nitrogens with zero attached hydrogens (tertiary/aromatic N) is 2. The molecule has 3 N–H and O–H groups in total. The zero-order valence-electron chi connectivity index (χ0n) is 11.1. The van der Waals surface area contributed by atoms with E-state index in [1.54, 1.807) is 42.5 Å². The lowest BCUT2D eigenvalue weighted by Gasteiger charge is -2.03. The van der Waals surface area contributed by atoms with Crippen molar-refractivity contribution in [2.75, 3.05) is 12.8 Å². The van der Waals surface area contributed by atoms with Crippen molar-refractivity contribution in [3.63, 3.8) is 0 Å². The van der Waals surface area contributed by atoms with Gasteiger partial charge in [-0.05, 0) is 30.3 Å². The van der Waals surface area contributed by atoms with Gasteiger partial charge in [0.2, 0.25) is 0 Å². The molecule has 0 aliphatic heterocycles. The molecule has 0 saturated heterocycles. The summed E-state index contributed by atoms with van der Waals surface area (Å²) in [5.74, 6) is 0.546. The molecule has 0 radical (unpaired) electrons. The normalized spacial score (nSPS) is 11.0. The zero-order valence-corrected chi connectivity index (χ0v) is 11.9. The van der Waals surface area contributed by atoms with Crippen molar-refractivity contribution >= 4 is 29.1 Å². The maximum atomic E-state index is 8.11.